The maximum absolute atomic E-state index is 6.17. The van der Waals surface area contributed by atoms with Gasteiger partial charge in [0.05, 0.1) is 0 Å². The summed E-state index contributed by atoms with van der Waals surface area (Å²) in [6, 6.07) is 7.55. The van der Waals surface area contributed by atoms with E-state index in [1.54, 1.807) is 0 Å². The summed E-state index contributed by atoms with van der Waals surface area (Å²) in [6.45, 7) is 6.60. The van der Waals surface area contributed by atoms with Crippen LogP contribution in [0, 0.1) is 0 Å². The van der Waals surface area contributed by atoms with Crippen LogP contribution in [-0.2, 0) is 6.42 Å². The number of nitrogens with two attached hydrogens (primary N) is 1. The Balaban J connectivity index is 1.85. The number of rotatable bonds is 3. The van der Waals surface area contributed by atoms with Gasteiger partial charge in [0.15, 0.2) is 0 Å². The Morgan fingerprint density at radius 3 is 2.95 bits per heavy atom. The molecule has 2 aliphatic rings. The number of hydrogen-bond donors (Lipinski definition) is 1. The summed E-state index contributed by atoms with van der Waals surface area (Å²) in [7, 11) is 0. The third-order valence-electron chi connectivity index (χ3n) is 4.95. The monoisotopic (exact) mass is 307 g/mol. The largest absolute Gasteiger partial charge is 0.366 e. The van der Waals surface area contributed by atoms with E-state index < -0.39 is 0 Å². The number of piperidine rings is 1. The van der Waals surface area contributed by atoms with E-state index in [1.165, 1.54) is 43.6 Å². The highest BCUT2D eigenvalue weighted by atomic mass is 35.5. The van der Waals surface area contributed by atoms with Crippen LogP contribution in [0.15, 0.2) is 18.2 Å². The molecule has 1 aromatic carbocycles. The fourth-order valence-corrected chi connectivity index (χ4v) is 4.07. The molecule has 2 aliphatic heterocycles. The maximum Gasteiger partial charge on any atom is 0.0410 e. The number of hydrogen-bond acceptors (Lipinski definition) is 3. The maximum atomic E-state index is 6.17. The molecular formula is C17H26ClN3. The van der Waals surface area contributed by atoms with Crippen molar-refractivity contribution in [1.29, 1.82) is 0 Å². The molecule has 0 bridgehead atoms. The van der Waals surface area contributed by atoms with Gasteiger partial charge in [0.1, 0.15) is 0 Å². The smallest absolute Gasteiger partial charge is 0.0410 e. The van der Waals surface area contributed by atoms with E-state index in [1.807, 2.05) is 6.07 Å². The number of halogens is 1. The Bertz CT molecular complexity index is 491. The molecule has 2 unspecified atom stereocenters. The SMILES string of the molecule is CC1CN2CCCCC2CN1c1ccc(Cl)cc1CCN. The van der Waals surface area contributed by atoms with Crippen molar-refractivity contribution >= 4 is 17.3 Å². The zero-order valence-corrected chi connectivity index (χ0v) is 13.6. The molecule has 2 N–H and O–H groups in total. The Kier molecular flexibility index (Phi) is 4.72. The molecule has 3 rings (SSSR count). The molecule has 2 saturated heterocycles. The molecule has 0 spiro atoms. The molecule has 116 valence electrons. The van der Waals surface area contributed by atoms with Gasteiger partial charge >= 0.3 is 0 Å². The molecule has 2 heterocycles. The van der Waals surface area contributed by atoms with Crippen molar-refractivity contribution in [3.05, 3.63) is 28.8 Å². The van der Waals surface area contributed by atoms with Crippen LogP contribution in [0.1, 0.15) is 31.7 Å². The lowest BCUT2D eigenvalue weighted by Crippen LogP contribution is -2.59. The van der Waals surface area contributed by atoms with Crippen molar-refractivity contribution in [2.75, 3.05) is 31.1 Å². The third kappa shape index (κ3) is 3.20. The molecule has 2 atom stereocenters. The van der Waals surface area contributed by atoms with Gasteiger partial charge in [0.2, 0.25) is 0 Å². The van der Waals surface area contributed by atoms with Crippen molar-refractivity contribution in [3.63, 3.8) is 0 Å². The van der Waals surface area contributed by atoms with Crippen molar-refractivity contribution in [1.82, 2.24) is 4.90 Å². The van der Waals surface area contributed by atoms with Crippen LogP contribution in [0.25, 0.3) is 0 Å². The van der Waals surface area contributed by atoms with E-state index in [-0.39, 0.29) is 0 Å². The minimum absolute atomic E-state index is 0.553. The molecule has 0 aliphatic carbocycles. The topological polar surface area (TPSA) is 32.5 Å². The van der Waals surface area contributed by atoms with Gasteiger partial charge in [-0.25, -0.2) is 0 Å². The fraction of sp³-hybridized carbons (Fsp3) is 0.647. The van der Waals surface area contributed by atoms with E-state index in [2.05, 4.69) is 28.9 Å². The van der Waals surface area contributed by atoms with Gasteiger partial charge in [0, 0.05) is 35.9 Å². The van der Waals surface area contributed by atoms with Gasteiger partial charge in [-0.05, 0) is 63.0 Å². The van der Waals surface area contributed by atoms with Crippen LogP contribution >= 0.6 is 11.6 Å². The normalized spacial score (nSPS) is 26.7. The van der Waals surface area contributed by atoms with Crippen molar-refractivity contribution in [3.8, 4) is 0 Å². The lowest BCUT2D eigenvalue weighted by atomic mass is 9.95. The second-order valence-electron chi connectivity index (χ2n) is 6.46. The van der Waals surface area contributed by atoms with Crippen LogP contribution in [0.2, 0.25) is 5.02 Å². The zero-order valence-electron chi connectivity index (χ0n) is 12.9. The molecule has 0 aromatic heterocycles. The summed E-state index contributed by atoms with van der Waals surface area (Å²) in [5, 5.41) is 0.811. The highest BCUT2D eigenvalue weighted by Crippen LogP contribution is 2.31. The van der Waals surface area contributed by atoms with Gasteiger partial charge in [-0.2, -0.15) is 0 Å². The molecule has 0 saturated carbocycles. The Labute approximate surface area is 133 Å². The Morgan fingerprint density at radius 2 is 2.14 bits per heavy atom. The summed E-state index contributed by atoms with van der Waals surface area (Å²) in [4.78, 5) is 5.26. The summed E-state index contributed by atoms with van der Waals surface area (Å²) < 4.78 is 0. The third-order valence-corrected chi connectivity index (χ3v) is 5.19. The number of anilines is 1. The van der Waals surface area contributed by atoms with Crippen LogP contribution in [0.4, 0.5) is 5.69 Å². The van der Waals surface area contributed by atoms with Crippen molar-refractivity contribution < 1.29 is 0 Å². The van der Waals surface area contributed by atoms with Crippen molar-refractivity contribution in [2.24, 2.45) is 5.73 Å². The number of nitrogens with zero attached hydrogens (tertiary/aromatic N) is 2. The van der Waals surface area contributed by atoms with E-state index >= 15 is 0 Å². The molecule has 21 heavy (non-hydrogen) atoms. The highest BCUT2D eigenvalue weighted by Gasteiger charge is 2.33. The minimum atomic E-state index is 0.553. The van der Waals surface area contributed by atoms with Gasteiger partial charge in [-0.1, -0.05) is 18.0 Å². The van der Waals surface area contributed by atoms with Gasteiger partial charge in [-0.15, -0.1) is 0 Å². The first kappa shape index (κ1) is 15.1. The number of benzene rings is 1. The summed E-state index contributed by atoms with van der Waals surface area (Å²) in [6.07, 6.45) is 4.97. The molecular weight excluding hydrogens is 282 g/mol. The first-order chi connectivity index (χ1) is 10.2. The average Bonchev–Trinajstić information content (AvgIpc) is 2.47. The average molecular weight is 308 g/mol. The first-order valence-electron chi connectivity index (χ1n) is 8.18. The van der Waals surface area contributed by atoms with Crippen LogP contribution in [-0.4, -0.2) is 43.2 Å². The fourth-order valence-electron chi connectivity index (χ4n) is 3.88. The van der Waals surface area contributed by atoms with E-state index in [9.17, 15) is 0 Å². The Morgan fingerprint density at radius 1 is 1.29 bits per heavy atom. The van der Waals surface area contributed by atoms with Gasteiger partial charge < -0.3 is 10.6 Å². The quantitative estimate of drug-likeness (QED) is 0.932. The highest BCUT2D eigenvalue weighted by molar-refractivity contribution is 6.30. The molecule has 1 aromatic rings. The number of fused-ring (bicyclic) bond motifs is 1. The second kappa shape index (κ2) is 6.55. The van der Waals surface area contributed by atoms with E-state index in [0.29, 0.717) is 12.6 Å². The summed E-state index contributed by atoms with van der Waals surface area (Å²) in [5.74, 6) is 0. The lowest BCUT2D eigenvalue weighted by Gasteiger charge is -2.49. The molecule has 0 amide bonds. The van der Waals surface area contributed by atoms with E-state index in [0.717, 1.165) is 24.0 Å². The van der Waals surface area contributed by atoms with E-state index in [4.69, 9.17) is 17.3 Å². The standard InChI is InChI=1S/C17H26ClN3/c1-13-11-20-9-3-2-4-16(20)12-21(13)17-6-5-15(18)10-14(17)7-8-19/h5-6,10,13,16H,2-4,7-9,11-12,19H2,1H3. The number of piperazine rings is 1. The van der Waals surface area contributed by atoms with Gasteiger partial charge in [-0.3, -0.25) is 4.90 Å². The van der Waals surface area contributed by atoms with Gasteiger partial charge in [0.25, 0.3) is 0 Å². The molecule has 2 fully saturated rings. The molecule has 3 nitrogen and oxygen atoms in total. The van der Waals surface area contributed by atoms with Crippen molar-refractivity contribution in [2.45, 2.75) is 44.7 Å². The summed E-state index contributed by atoms with van der Waals surface area (Å²) in [5.41, 5.74) is 8.41. The van der Waals surface area contributed by atoms with Crippen LogP contribution < -0.4 is 10.6 Å². The summed E-state index contributed by atoms with van der Waals surface area (Å²) >= 11 is 6.17. The molecule has 0 radical (unpaired) electrons. The minimum Gasteiger partial charge on any atom is -0.366 e. The van der Waals surface area contributed by atoms with Crippen LogP contribution in [0.5, 0.6) is 0 Å². The second-order valence-corrected chi connectivity index (χ2v) is 6.89. The Hall–Kier alpha value is -0.770. The lowest BCUT2D eigenvalue weighted by molar-refractivity contribution is 0.115. The van der Waals surface area contributed by atoms with Crippen LogP contribution in [0.3, 0.4) is 0 Å². The predicted molar refractivity (Wildman–Crippen MR) is 90.2 cm³/mol. The predicted octanol–water partition coefficient (Wildman–Crippen LogP) is 2.90. The zero-order chi connectivity index (χ0) is 14.8. The molecule has 4 heteroatoms. The first-order valence-corrected chi connectivity index (χ1v) is 8.56.